The van der Waals surface area contributed by atoms with Crippen molar-refractivity contribution < 1.29 is 19.1 Å². The van der Waals surface area contributed by atoms with E-state index in [1.54, 1.807) is 11.8 Å². The zero-order valence-electron chi connectivity index (χ0n) is 10.6. The fourth-order valence-corrected chi connectivity index (χ4v) is 1.58. The number of hydrogen-bond acceptors (Lipinski definition) is 3. The van der Waals surface area contributed by atoms with Crippen molar-refractivity contribution in [3.63, 3.8) is 0 Å². The molecule has 1 aromatic carbocycles. The normalized spacial score (nSPS) is 11.7. The molecule has 0 radical (unpaired) electrons. The van der Waals surface area contributed by atoms with Gasteiger partial charge in [0.15, 0.2) is 0 Å². The highest BCUT2D eigenvalue weighted by atomic mass is 32.2. The lowest BCUT2D eigenvalue weighted by molar-refractivity contribution is 0.0693. The number of urea groups is 1. The van der Waals surface area contributed by atoms with Crippen LogP contribution < -0.4 is 10.6 Å². The molecule has 0 aliphatic carbocycles. The topological polar surface area (TPSA) is 78.4 Å². The number of halogens is 1. The Kier molecular flexibility index (Phi) is 5.62. The van der Waals surface area contributed by atoms with Crippen molar-refractivity contribution in [1.29, 1.82) is 0 Å². The molecule has 0 aliphatic rings. The van der Waals surface area contributed by atoms with Crippen LogP contribution in [0.15, 0.2) is 18.2 Å². The maximum absolute atomic E-state index is 13.4. The molecule has 2 amide bonds. The number of aromatic carboxylic acids is 1. The molecule has 0 bridgehead atoms. The SMILES string of the molecule is CSC(C)CNC(=O)Nc1cccc(F)c1C(=O)O. The minimum absolute atomic E-state index is 0.0678. The average molecular weight is 286 g/mol. The largest absolute Gasteiger partial charge is 0.478 e. The van der Waals surface area contributed by atoms with Gasteiger partial charge < -0.3 is 15.7 Å². The lowest BCUT2D eigenvalue weighted by Gasteiger charge is -2.12. The third-order valence-electron chi connectivity index (χ3n) is 2.43. The summed E-state index contributed by atoms with van der Waals surface area (Å²) in [6, 6.07) is 3.14. The van der Waals surface area contributed by atoms with Gasteiger partial charge in [-0.1, -0.05) is 13.0 Å². The molecule has 0 fully saturated rings. The van der Waals surface area contributed by atoms with Crippen LogP contribution in [0.25, 0.3) is 0 Å². The number of amides is 2. The monoisotopic (exact) mass is 286 g/mol. The first-order valence-corrected chi connectivity index (χ1v) is 6.84. The van der Waals surface area contributed by atoms with E-state index in [0.29, 0.717) is 6.54 Å². The minimum atomic E-state index is -1.43. The van der Waals surface area contributed by atoms with E-state index in [9.17, 15) is 14.0 Å². The number of carbonyl (C=O) groups excluding carboxylic acids is 1. The number of hydrogen-bond donors (Lipinski definition) is 3. The minimum Gasteiger partial charge on any atom is -0.478 e. The van der Waals surface area contributed by atoms with Gasteiger partial charge in [0.2, 0.25) is 0 Å². The highest BCUT2D eigenvalue weighted by Gasteiger charge is 2.17. The summed E-state index contributed by atoms with van der Waals surface area (Å²) in [5.74, 6) is -2.31. The van der Waals surface area contributed by atoms with Gasteiger partial charge in [0.05, 0.1) is 5.69 Å². The summed E-state index contributed by atoms with van der Waals surface area (Å²) in [6.07, 6.45) is 1.92. The molecule has 0 aromatic heterocycles. The van der Waals surface area contributed by atoms with Gasteiger partial charge in [0.25, 0.3) is 0 Å². The molecule has 19 heavy (non-hydrogen) atoms. The second kappa shape index (κ2) is 6.98. The number of nitrogens with one attached hydrogen (secondary N) is 2. The van der Waals surface area contributed by atoms with Gasteiger partial charge in [-0.2, -0.15) is 11.8 Å². The van der Waals surface area contributed by atoms with Crippen molar-refractivity contribution in [2.24, 2.45) is 0 Å². The molecular formula is C12H15FN2O3S. The second-order valence-corrected chi connectivity index (χ2v) is 5.13. The van der Waals surface area contributed by atoms with Crippen molar-refractivity contribution in [3.8, 4) is 0 Å². The number of rotatable bonds is 5. The molecule has 5 nitrogen and oxygen atoms in total. The van der Waals surface area contributed by atoms with Gasteiger partial charge in [-0.3, -0.25) is 0 Å². The van der Waals surface area contributed by atoms with Crippen molar-refractivity contribution >= 4 is 29.4 Å². The van der Waals surface area contributed by atoms with E-state index in [2.05, 4.69) is 10.6 Å². The molecule has 7 heteroatoms. The van der Waals surface area contributed by atoms with E-state index in [-0.39, 0.29) is 10.9 Å². The van der Waals surface area contributed by atoms with Crippen LogP contribution in [0.3, 0.4) is 0 Å². The molecule has 1 rings (SSSR count). The molecule has 0 saturated carbocycles. The van der Waals surface area contributed by atoms with Gasteiger partial charge in [-0.25, -0.2) is 14.0 Å². The summed E-state index contributed by atoms with van der Waals surface area (Å²) < 4.78 is 13.4. The summed E-state index contributed by atoms with van der Waals surface area (Å²) in [6.45, 7) is 2.38. The number of carboxylic acids is 1. The second-order valence-electron chi connectivity index (χ2n) is 3.85. The first-order chi connectivity index (χ1) is 8.95. The van der Waals surface area contributed by atoms with Crippen LogP contribution in [0.1, 0.15) is 17.3 Å². The lowest BCUT2D eigenvalue weighted by atomic mass is 10.1. The Balaban J connectivity index is 2.74. The van der Waals surface area contributed by atoms with E-state index < -0.39 is 23.4 Å². The molecule has 0 saturated heterocycles. The third kappa shape index (κ3) is 4.44. The fourth-order valence-electron chi connectivity index (χ4n) is 1.33. The number of benzene rings is 1. The zero-order chi connectivity index (χ0) is 14.4. The Morgan fingerprint density at radius 1 is 1.47 bits per heavy atom. The van der Waals surface area contributed by atoms with E-state index in [1.165, 1.54) is 12.1 Å². The van der Waals surface area contributed by atoms with E-state index in [0.717, 1.165) is 6.07 Å². The van der Waals surface area contributed by atoms with Crippen molar-refractivity contribution in [1.82, 2.24) is 5.32 Å². The van der Waals surface area contributed by atoms with Crippen LogP contribution in [0.5, 0.6) is 0 Å². The van der Waals surface area contributed by atoms with Crippen LogP contribution in [0, 0.1) is 5.82 Å². The highest BCUT2D eigenvalue weighted by molar-refractivity contribution is 7.99. The van der Waals surface area contributed by atoms with Gasteiger partial charge in [0.1, 0.15) is 11.4 Å². The molecule has 1 atom stereocenters. The smallest absolute Gasteiger partial charge is 0.340 e. The van der Waals surface area contributed by atoms with Gasteiger partial charge in [-0.15, -0.1) is 0 Å². The zero-order valence-corrected chi connectivity index (χ0v) is 11.4. The first kappa shape index (κ1) is 15.3. The fraction of sp³-hybridized carbons (Fsp3) is 0.333. The van der Waals surface area contributed by atoms with Gasteiger partial charge >= 0.3 is 12.0 Å². The predicted octanol–water partition coefficient (Wildman–Crippen LogP) is 2.40. The van der Waals surface area contributed by atoms with Gasteiger partial charge in [0, 0.05) is 11.8 Å². The standard InChI is InChI=1S/C12H15FN2O3S/c1-7(19-2)6-14-12(18)15-9-5-3-4-8(13)10(9)11(16)17/h3-5,7H,6H2,1-2H3,(H,16,17)(H2,14,15,18). The quantitative estimate of drug-likeness (QED) is 0.776. The van der Waals surface area contributed by atoms with E-state index in [4.69, 9.17) is 5.11 Å². The summed E-state index contributed by atoms with van der Waals surface area (Å²) in [7, 11) is 0. The third-order valence-corrected chi connectivity index (χ3v) is 3.40. The van der Waals surface area contributed by atoms with Crippen LogP contribution in [-0.2, 0) is 0 Å². The molecule has 3 N–H and O–H groups in total. The van der Waals surface area contributed by atoms with Crippen molar-refractivity contribution in [2.45, 2.75) is 12.2 Å². The van der Waals surface area contributed by atoms with Crippen LogP contribution >= 0.6 is 11.8 Å². The Labute approximate surface area is 114 Å². The van der Waals surface area contributed by atoms with E-state index in [1.807, 2.05) is 13.2 Å². The van der Waals surface area contributed by atoms with Crippen LogP contribution in [0.2, 0.25) is 0 Å². The van der Waals surface area contributed by atoms with Crippen molar-refractivity contribution in [2.75, 3.05) is 18.1 Å². The molecular weight excluding hydrogens is 271 g/mol. The van der Waals surface area contributed by atoms with E-state index >= 15 is 0 Å². The summed E-state index contributed by atoms with van der Waals surface area (Å²) >= 11 is 1.59. The lowest BCUT2D eigenvalue weighted by Crippen LogP contribution is -2.33. The highest BCUT2D eigenvalue weighted by Crippen LogP contribution is 2.18. The Morgan fingerprint density at radius 2 is 2.16 bits per heavy atom. The average Bonchev–Trinajstić information content (AvgIpc) is 2.35. The Morgan fingerprint density at radius 3 is 2.74 bits per heavy atom. The Bertz CT molecular complexity index is 482. The molecule has 0 heterocycles. The molecule has 1 unspecified atom stereocenters. The number of thioether (sulfide) groups is 1. The maximum Gasteiger partial charge on any atom is 0.340 e. The molecule has 0 aliphatic heterocycles. The maximum atomic E-state index is 13.4. The van der Waals surface area contributed by atoms with Gasteiger partial charge in [-0.05, 0) is 18.4 Å². The summed E-state index contributed by atoms with van der Waals surface area (Å²) in [4.78, 5) is 22.5. The first-order valence-electron chi connectivity index (χ1n) is 5.55. The molecule has 104 valence electrons. The summed E-state index contributed by atoms with van der Waals surface area (Å²) in [5, 5.41) is 14.0. The molecule has 0 spiro atoms. The molecule has 1 aromatic rings. The number of carboxylic acid groups (broad SMARTS) is 1. The Hall–Kier alpha value is -1.76. The predicted molar refractivity (Wildman–Crippen MR) is 73.4 cm³/mol. The summed E-state index contributed by atoms with van der Waals surface area (Å²) in [5.41, 5.74) is -0.614. The number of anilines is 1. The van der Waals surface area contributed by atoms with Crippen molar-refractivity contribution in [3.05, 3.63) is 29.6 Å². The van der Waals surface area contributed by atoms with Crippen LogP contribution in [-0.4, -0.2) is 35.2 Å². The number of carbonyl (C=O) groups is 2. The van der Waals surface area contributed by atoms with Crippen LogP contribution in [0.4, 0.5) is 14.9 Å².